The van der Waals surface area contributed by atoms with Crippen LogP contribution in [0.25, 0.3) is 11.0 Å². The molecule has 0 bridgehead atoms. The maximum absolute atomic E-state index is 13.5. The van der Waals surface area contributed by atoms with E-state index in [2.05, 4.69) is 10.3 Å². The summed E-state index contributed by atoms with van der Waals surface area (Å²) in [6, 6.07) is 9.28. The first-order chi connectivity index (χ1) is 13.1. The molecule has 0 unspecified atom stereocenters. The molecular formula is C18H19FN4O3S2. The van der Waals surface area contributed by atoms with Crippen LogP contribution in [0.3, 0.4) is 0 Å². The van der Waals surface area contributed by atoms with Crippen molar-refractivity contribution in [1.29, 1.82) is 0 Å². The van der Waals surface area contributed by atoms with Gasteiger partial charge in [0, 0.05) is 13.6 Å². The number of aryl methyl sites for hydroxylation is 2. The third kappa shape index (κ3) is 4.51. The van der Waals surface area contributed by atoms with Gasteiger partial charge in [-0.05, 0) is 42.3 Å². The van der Waals surface area contributed by atoms with Crippen molar-refractivity contribution >= 4 is 38.7 Å². The zero-order valence-electron chi connectivity index (χ0n) is 15.3. The van der Waals surface area contributed by atoms with E-state index in [1.807, 2.05) is 0 Å². The summed E-state index contributed by atoms with van der Waals surface area (Å²) in [5.74, 6) is -0.406. The SMILES string of the molecule is Cc1ccc(CNC(=O)CSc2nc3cc(S(N)(=O)=O)ccc3n2C)cc1F. The van der Waals surface area contributed by atoms with Crippen LogP contribution in [0.5, 0.6) is 0 Å². The average molecular weight is 423 g/mol. The molecule has 1 amide bonds. The van der Waals surface area contributed by atoms with Crippen molar-refractivity contribution in [1.82, 2.24) is 14.9 Å². The number of carbonyl (C=O) groups is 1. The van der Waals surface area contributed by atoms with E-state index in [0.717, 1.165) is 5.52 Å². The quantitative estimate of drug-likeness (QED) is 0.592. The van der Waals surface area contributed by atoms with Gasteiger partial charge in [0.2, 0.25) is 15.9 Å². The van der Waals surface area contributed by atoms with Crippen LogP contribution in [0.1, 0.15) is 11.1 Å². The van der Waals surface area contributed by atoms with Crippen molar-refractivity contribution < 1.29 is 17.6 Å². The normalized spacial score (nSPS) is 11.7. The molecule has 0 aliphatic heterocycles. The molecule has 0 atom stereocenters. The number of sulfonamides is 1. The zero-order valence-corrected chi connectivity index (χ0v) is 16.9. The summed E-state index contributed by atoms with van der Waals surface area (Å²) in [5, 5.41) is 8.45. The van der Waals surface area contributed by atoms with Gasteiger partial charge in [-0.3, -0.25) is 4.79 Å². The lowest BCUT2D eigenvalue weighted by Crippen LogP contribution is -2.24. The van der Waals surface area contributed by atoms with E-state index in [9.17, 15) is 17.6 Å². The molecule has 10 heteroatoms. The Morgan fingerprint density at radius 2 is 2.04 bits per heavy atom. The Morgan fingerprint density at radius 3 is 2.71 bits per heavy atom. The summed E-state index contributed by atoms with van der Waals surface area (Å²) < 4.78 is 38.3. The van der Waals surface area contributed by atoms with Crippen molar-refractivity contribution in [3.63, 3.8) is 0 Å². The molecule has 7 nitrogen and oxygen atoms in total. The minimum atomic E-state index is -3.81. The molecule has 3 aromatic rings. The number of hydrogen-bond donors (Lipinski definition) is 2. The smallest absolute Gasteiger partial charge is 0.238 e. The standard InChI is InChI=1S/C18H19FN4O3S2/c1-11-3-4-12(7-14(11)19)9-21-17(24)10-27-18-22-15-8-13(28(20,25)26)5-6-16(15)23(18)2/h3-8H,9-10H2,1-2H3,(H,21,24)(H2,20,25,26). The van der Waals surface area contributed by atoms with Crippen LogP contribution in [0.15, 0.2) is 46.5 Å². The van der Waals surface area contributed by atoms with Gasteiger partial charge in [0.05, 0.1) is 21.7 Å². The fraction of sp³-hybridized carbons (Fsp3) is 0.222. The maximum Gasteiger partial charge on any atom is 0.238 e. The highest BCUT2D eigenvalue weighted by molar-refractivity contribution is 7.99. The van der Waals surface area contributed by atoms with Gasteiger partial charge in [-0.2, -0.15) is 0 Å². The second kappa shape index (κ2) is 7.90. The third-order valence-corrected chi connectivity index (χ3v) is 6.14. The van der Waals surface area contributed by atoms with Crippen LogP contribution in [0, 0.1) is 12.7 Å². The first-order valence-corrected chi connectivity index (χ1v) is 10.8. The molecule has 0 saturated heterocycles. The molecular weight excluding hydrogens is 403 g/mol. The van der Waals surface area contributed by atoms with Gasteiger partial charge in [-0.1, -0.05) is 23.9 Å². The number of carbonyl (C=O) groups excluding carboxylic acids is 1. The summed E-state index contributed by atoms with van der Waals surface area (Å²) in [4.78, 5) is 16.5. The molecule has 28 heavy (non-hydrogen) atoms. The largest absolute Gasteiger partial charge is 0.351 e. The number of aromatic nitrogens is 2. The van der Waals surface area contributed by atoms with Gasteiger partial charge in [0.25, 0.3) is 0 Å². The van der Waals surface area contributed by atoms with Crippen LogP contribution >= 0.6 is 11.8 Å². The van der Waals surface area contributed by atoms with Crippen molar-refractivity contribution in [2.24, 2.45) is 12.2 Å². The maximum atomic E-state index is 13.5. The lowest BCUT2D eigenvalue weighted by atomic mass is 10.1. The van der Waals surface area contributed by atoms with E-state index < -0.39 is 10.0 Å². The van der Waals surface area contributed by atoms with Crippen LogP contribution in [-0.4, -0.2) is 29.6 Å². The van der Waals surface area contributed by atoms with Gasteiger partial charge in [-0.15, -0.1) is 0 Å². The van der Waals surface area contributed by atoms with Crippen molar-refractivity contribution in [3.8, 4) is 0 Å². The number of halogens is 1. The van der Waals surface area contributed by atoms with Crippen LogP contribution < -0.4 is 10.5 Å². The Labute approximate surface area is 166 Å². The molecule has 0 aliphatic carbocycles. The molecule has 0 saturated carbocycles. The molecule has 0 radical (unpaired) electrons. The van der Waals surface area contributed by atoms with E-state index in [1.165, 1.54) is 30.0 Å². The molecule has 1 aromatic heterocycles. The number of nitrogens with two attached hydrogens (primary N) is 1. The number of amides is 1. The van der Waals surface area contributed by atoms with Crippen molar-refractivity contribution in [3.05, 3.63) is 53.3 Å². The molecule has 0 spiro atoms. The molecule has 0 fully saturated rings. The Hall–Kier alpha value is -2.43. The summed E-state index contributed by atoms with van der Waals surface area (Å²) in [5.41, 5.74) is 2.44. The number of primary sulfonamides is 1. The number of fused-ring (bicyclic) bond motifs is 1. The van der Waals surface area contributed by atoms with Crippen molar-refractivity contribution in [2.75, 3.05) is 5.75 Å². The number of hydrogen-bond acceptors (Lipinski definition) is 5. The molecule has 2 aromatic carbocycles. The third-order valence-electron chi connectivity index (χ3n) is 4.20. The number of nitrogens with zero attached hydrogens (tertiary/aromatic N) is 2. The zero-order chi connectivity index (χ0) is 20.5. The van der Waals surface area contributed by atoms with Gasteiger partial charge < -0.3 is 9.88 Å². The summed E-state index contributed by atoms with van der Waals surface area (Å²) in [6.07, 6.45) is 0. The molecule has 3 N–H and O–H groups in total. The number of thioether (sulfide) groups is 1. The van der Waals surface area contributed by atoms with Crippen molar-refractivity contribution in [2.45, 2.75) is 23.5 Å². The lowest BCUT2D eigenvalue weighted by Gasteiger charge is -2.06. The fourth-order valence-electron chi connectivity index (χ4n) is 2.59. The monoisotopic (exact) mass is 422 g/mol. The van der Waals surface area contributed by atoms with Gasteiger partial charge >= 0.3 is 0 Å². The predicted molar refractivity (Wildman–Crippen MR) is 106 cm³/mol. The first kappa shape index (κ1) is 20.3. The van der Waals surface area contributed by atoms with E-state index in [1.54, 1.807) is 36.7 Å². The molecule has 3 rings (SSSR count). The fourth-order valence-corrected chi connectivity index (χ4v) is 3.94. The second-order valence-electron chi connectivity index (χ2n) is 6.30. The molecule has 148 valence electrons. The Bertz CT molecular complexity index is 1160. The van der Waals surface area contributed by atoms with E-state index in [0.29, 0.717) is 21.8 Å². The summed E-state index contributed by atoms with van der Waals surface area (Å²) in [6.45, 7) is 1.91. The summed E-state index contributed by atoms with van der Waals surface area (Å²) >= 11 is 1.22. The summed E-state index contributed by atoms with van der Waals surface area (Å²) in [7, 11) is -2.03. The highest BCUT2D eigenvalue weighted by atomic mass is 32.2. The van der Waals surface area contributed by atoms with Gasteiger partial charge in [0.1, 0.15) is 5.82 Å². The Morgan fingerprint density at radius 1 is 1.29 bits per heavy atom. The highest BCUT2D eigenvalue weighted by Crippen LogP contribution is 2.24. The van der Waals surface area contributed by atoms with E-state index in [-0.39, 0.29) is 28.9 Å². The highest BCUT2D eigenvalue weighted by Gasteiger charge is 2.14. The number of rotatable bonds is 6. The van der Waals surface area contributed by atoms with Gasteiger partial charge in [-0.25, -0.2) is 22.9 Å². The van der Waals surface area contributed by atoms with Gasteiger partial charge in [0.15, 0.2) is 5.16 Å². The number of nitrogens with one attached hydrogen (secondary N) is 1. The second-order valence-corrected chi connectivity index (χ2v) is 8.80. The Kier molecular flexibility index (Phi) is 5.73. The minimum Gasteiger partial charge on any atom is -0.351 e. The van der Waals surface area contributed by atoms with Crippen LogP contribution in [-0.2, 0) is 28.4 Å². The minimum absolute atomic E-state index is 0.0160. The van der Waals surface area contributed by atoms with Crippen LogP contribution in [0.4, 0.5) is 4.39 Å². The number of imidazole rings is 1. The number of benzene rings is 2. The molecule has 1 heterocycles. The van der Waals surface area contributed by atoms with E-state index in [4.69, 9.17) is 5.14 Å². The lowest BCUT2D eigenvalue weighted by molar-refractivity contribution is -0.118. The first-order valence-electron chi connectivity index (χ1n) is 8.29. The Balaban J connectivity index is 1.65. The van der Waals surface area contributed by atoms with E-state index >= 15 is 0 Å². The average Bonchev–Trinajstić information content (AvgIpc) is 2.95. The van der Waals surface area contributed by atoms with Crippen LogP contribution in [0.2, 0.25) is 0 Å². The molecule has 0 aliphatic rings. The predicted octanol–water partition coefficient (Wildman–Crippen LogP) is 2.08. The topological polar surface area (TPSA) is 107 Å².